The first-order chi connectivity index (χ1) is 68.1. The smallest absolute Gasteiger partial charge is 0.136 e. The van der Waals surface area contributed by atoms with Crippen molar-refractivity contribution in [2.24, 2.45) is 0 Å². The van der Waals surface area contributed by atoms with Gasteiger partial charge in [0, 0.05) is 53.9 Å². The molecule has 0 unspecified atom stereocenters. The highest BCUT2D eigenvalue weighted by molar-refractivity contribution is 6.20. The van der Waals surface area contributed by atoms with Crippen LogP contribution in [0.2, 0.25) is 0 Å². The molecule has 0 aliphatic heterocycles. The van der Waals surface area contributed by atoms with Crippen molar-refractivity contribution in [1.82, 2.24) is 4.57 Å². The van der Waals surface area contributed by atoms with Crippen molar-refractivity contribution in [3.8, 4) is 72.4 Å². The number of hydrogen-bond acceptors (Lipinski definition) is 4. The van der Waals surface area contributed by atoms with Gasteiger partial charge >= 0.3 is 0 Å². The number of furan rings is 4. The second-order valence-electron chi connectivity index (χ2n) is 39.4. The average Bonchev–Trinajstić information content (AvgIpc) is 1.56. The molecular formula is C122H115NO4. The molecule has 0 amide bonds. The summed E-state index contributed by atoms with van der Waals surface area (Å²) in [6.45, 7) is 42.9. The molecule has 21 rings (SSSR count). The van der Waals surface area contributed by atoms with Crippen LogP contribution in [0.5, 0.6) is 0 Å². The van der Waals surface area contributed by atoms with Gasteiger partial charge in [0.25, 0.3) is 0 Å². The van der Waals surface area contributed by atoms with Crippen molar-refractivity contribution in [2.45, 2.75) is 171 Å². The van der Waals surface area contributed by atoms with E-state index in [1.54, 1.807) is 50.2 Å². The molecule has 5 nitrogen and oxygen atoms in total. The van der Waals surface area contributed by atoms with Crippen LogP contribution in [-0.4, -0.2) is 4.57 Å². The predicted octanol–water partition coefficient (Wildman–Crippen LogP) is 35.8. The Hall–Kier alpha value is -13.5. The fourth-order valence-corrected chi connectivity index (χ4v) is 18.4. The third-order valence-corrected chi connectivity index (χ3v) is 24.0. The molecule has 0 atom stereocenters. The van der Waals surface area contributed by atoms with Crippen LogP contribution in [0.15, 0.2) is 351 Å². The maximum absolute atomic E-state index is 8.79. The van der Waals surface area contributed by atoms with Crippen molar-refractivity contribution in [1.29, 1.82) is 0 Å². The summed E-state index contributed by atoms with van der Waals surface area (Å²) in [7, 11) is 0. The fourth-order valence-electron chi connectivity index (χ4n) is 18.4. The third-order valence-electron chi connectivity index (χ3n) is 24.0. The predicted molar refractivity (Wildman–Crippen MR) is 544 cm³/mol. The Morgan fingerprint density at radius 3 is 0.953 bits per heavy atom. The lowest BCUT2D eigenvalue weighted by Gasteiger charge is -2.26. The first-order valence-electron chi connectivity index (χ1n) is 52.6. The van der Waals surface area contributed by atoms with Crippen LogP contribution in [0, 0.1) is 13.8 Å². The topological polar surface area (TPSA) is 57.5 Å². The second-order valence-corrected chi connectivity index (χ2v) is 39.4. The molecule has 0 N–H and O–H groups in total. The van der Waals surface area contributed by atoms with Crippen LogP contribution in [0.4, 0.5) is 0 Å². The van der Waals surface area contributed by atoms with Crippen LogP contribution in [0.1, 0.15) is 194 Å². The van der Waals surface area contributed by atoms with Crippen molar-refractivity contribution >= 4 is 110 Å². The molecule has 127 heavy (non-hydrogen) atoms. The van der Waals surface area contributed by atoms with Crippen LogP contribution in [0.3, 0.4) is 0 Å². The van der Waals surface area contributed by atoms with Gasteiger partial charge < -0.3 is 22.2 Å². The highest BCUT2D eigenvalue weighted by atomic mass is 16.3. The molecule has 0 aliphatic rings. The minimum absolute atomic E-state index is 0.00416. The van der Waals surface area contributed by atoms with Crippen molar-refractivity contribution < 1.29 is 42.3 Å². The Kier molecular flexibility index (Phi) is 16.7. The van der Waals surface area contributed by atoms with Crippen LogP contribution in [-0.2, 0) is 32.5 Å². The van der Waals surface area contributed by atoms with Gasteiger partial charge in [-0.15, -0.1) is 0 Å². The minimum Gasteiger partial charge on any atom is -0.456 e. The van der Waals surface area contributed by atoms with E-state index < -0.39 is 29.6 Å². The van der Waals surface area contributed by atoms with E-state index >= 15 is 0 Å². The van der Waals surface area contributed by atoms with E-state index in [9.17, 15) is 0 Å². The first kappa shape index (κ1) is 65.2. The van der Waals surface area contributed by atoms with E-state index in [-0.39, 0.29) is 128 Å². The molecule has 0 radical (unpaired) electrons. The lowest BCUT2D eigenvalue weighted by atomic mass is 9.78. The minimum atomic E-state index is -0.562. The maximum atomic E-state index is 8.79. The summed E-state index contributed by atoms with van der Waals surface area (Å²) in [6.07, 6.45) is 0. The summed E-state index contributed by atoms with van der Waals surface area (Å²) in [4.78, 5) is 0. The molecule has 0 saturated heterocycles. The van der Waals surface area contributed by atoms with Gasteiger partial charge in [-0.2, -0.15) is 0 Å². The standard InChI is InChI=1S/C42H43NO.C29H26O.C28H24O.C23H22O/c1-40(2,3)27-18-20-32-30(24-27)31-25-28(41(4,5)6)19-21-33(31)43(32)34-22-23-36-38(39(34)42(7,8)9)37-29(16-13-17-35(37)44-36)26-14-11-10-12-15-26;1-19-10-8-13-21(18-19)23-16-17-25-27(28(23)29(2,3)4)26-22(14-9-15-24(26)30-25)20-11-6-5-7-12-20;1-28(2,3)27-22(20-13-8-5-9-14-20)17-18-24-26(27)25-21(15-10-16-23(25)29-24)19-11-6-4-7-12-19;1-15-8-5-9-16(14-15)17-10-6-12-19-21(17)22-18(23(2,3)4)11-7-13-20(22)24-19/h10-25H,1-9H3;5-18H,1-4H3;4-18H,1-3H3;5-14H,1-4H3/i;5D,6D,7D,8D,10D,11D,12D,13D,18D;4D,6D,7D,11D,12D;5D,8D,9D,14D. The molecule has 0 bridgehead atoms. The Morgan fingerprint density at radius 2 is 0.559 bits per heavy atom. The highest BCUT2D eigenvalue weighted by Crippen LogP contribution is 2.52. The van der Waals surface area contributed by atoms with Crippen molar-refractivity contribution in [2.75, 3.05) is 0 Å². The lowest BCUT2D eigenvalue weighted by molar-refractivity contribution is 0.590. The molecule has 632 valence electrons. The molecule has 0 spiro atoms. The zero-order valence-electron chi connectivity index (χ0n) is 93.9. The van der Waals surface area contributed by atoms with Crippen LogP contribution in [0.25, 0.3) is 182 Å². The maximum Gasteiger partial charge on any atom is 0.136 e. The van der Waals surface area contributed by atoms with Gasteiger partial charge in [-0.05, 0) is 225 Å². The van der Waals surface area contributed by atoms with Gasteiger partial charge in [-0.25, -0.2) is 0 Å². The number of rotatable bonds is 7. The molecule has 5 aromatic heterocycles. The summed E-state index contributed by atoms with van der Waals surface area (Å²) in [5.41, 5.74) is 23.7. The van der Waals surface area contributed by atoms with Crippen LogP contribution >= 0.6 is 0 Å². The summed E-state index contributed by atoms with van der Waals surface area (Å²) in [6, 6.07) is 71.5. The molecule has 0 aliphatic carbocycles. The van der Waals surface area contributed by atoms with Crippen molar-refractivity contribution in [3.05, 3.63) is 378 Å². The molecule has 5 heteroatoms. The summed E-state index contributed by atoms with van der Waals surface area (Å²) >= 11 is 0. The highest BCUT2D eigenvalue weighted by Gasteiger charge is 2.33. The summed E-state index contributed by atoms with van der Waals surface area (Å²) < 4.78 is 178. The third kappa shape index (κ3) is 16.0. The molecular weight excluding hydrogens is 1540 g/mol. The Balaban J connectivity index is 0.000000129. The molecule has 16 aromatic carbocycles. The number of hydrogen-bond donors (Lipinski definition) is 0. The molecule has 0 saturated carbocycles. The average molecular weight is 1680 g/mol. The van der Waals surface area contributed by atoms with Gasteiger partial charge in [0.05, 0.1) is 41.4 Å². The summed E-state index contributed by atoms with van der Waals surface area (Å²) in [5.74, 6) is 0. The van der Waals surface area contributed by atoms with Crippen LogP contribution < -0.4 is 0 Å². The molecule has 5 heterocycles. The largest absolute Gasteiger partial charge is 0.456 e. The van der Waals surface area contributed by atoms with Gasteiger partial charge in [-0.1, -0.05) is 390 Å². The van der Waals surface area contributed by atoms with Gasteiger partial charge in [-0.3, -0.25) is 0 Å². The molecule has 21 aromatic rings. The zero-order valence-corrected chi connectivity index (χ0v) is 75.9. The molecule has 0 fully saturated rings. The monoisotopic (exact) mass is 1680 g/mol. The number of fused-ring (bicyclic) bond motifs is 15. The number of nitrogens with zero attached hydrogens (tertiary/aromatic N) is 1. The van der Waals surface area contributed by atoms with Gasteiger partial charge in [0.1, 0.15) is 44.7 Å². The lowest BCUT2D eigenvalue weighted by Crippen LogP contribution is -2.16. The van der Waals surface area contributed by atoms with E-state index in [0.29, 0.717) is 77.6 Å². The van der Waals surface area contributed by atoms with E-state index in [2.05, 4.69) is 230 Å². The van der Waals surface area contributed by atoms with E-state index in [1.165, 1.54) is 66.1 Å². The normalized spacial score (nSPS) is 14.4. The zero-order chi connectivity index (χ0) is 105. The quantitative estimate of drug-likeness (QED) is 0.160. The number of aromatic nitrogens is 1. The van der Waals surface area contributed by atoms with E-state index in [0.717, 1.165) is 66.1 Å². The van der Waals surface area contributed by atoms with Crippen molar-refractivity contribution in [3.63, 3.8) is 0 Å². The fraction of sp³-hybridized carbons (Fsp3) is 0.213. The Labute approximate surface area is 773 Å². The Bertz CT molecular complexity index is 8730. The van der Waals surface area contributed by atoms with Gasteiger partial charge in [0.2, 0.25) is 0 Å². The Morgan fingerprint density at radius 1 is 0.236 bits per heavy atom. The first-order valence-corrected chi connectivity index (χ1v) is 43.6. The SMILES string of the molecule is CC(C)(C)c1ccc2c(c1)c1cc(C(C)(C)C)ccc1n2-c1ccc2oc3cccc(-c4ccccc4)c3c2c1C(C)(C)C.[2H]c1c([2H])c(C)c([2H])c(-c2cccc3oc4cccc(C(C)(C)C)c4c23)c1[2H].[2H]c1c([2H])c([2H])c(-c2cccc3oc4ccc(-c5c([2H])c([2H])c([2H])c(C)c5[2H])c(C(C)(C)C)c4c23)c([2H])c1[2H].[2H]c1c([2H])c([2H])c(-c2cccc3oc4ccc(-c5ccccc5)c(C(C)(C)C)c4c23)c([2H])c1[2H]. The summed E-state index contributed by atoms with van der Waals surface area (Å²) in [5, 5.41) is 9.74. The number of benzene rings is 16. The second kappa shape index (κ2) is 32.5. The van der Waals surface area contributed by atoms with E-state index in [4.69, 9.17) is 42.3 Å². The van der Waals surface area contributed by atoms with Gasteiger partial charge in [0.15, 0.2) is 0 Å². The van der Waals surface area contributed by atoms with E-state index in [1.807, 2.05) is 87.5 Å².